The first-order chi connectivity index (χ1) is 10.0. The minimum atomic E-state index is 0.361. The third-order valence-electron chi connectivity index (χ3n) is 3.76. The fourth-order valence-electron chi connectivity index (χ4n) is 2.60. The normalized spacial score (nSPS) is 14.0. The number of likely N-dealkylation sites (N-methyl/N-ethyl adjacent to an activating group) is 1. The summed E-state index contributed by atoms with van der Waals surface area (Å²) in [4.78, 5) is 2.36. The molecule has 0 heterocycles. The highest BCUT2D eigenvalue weighted by atomic mass is 79.9. The van der Waals surface area contributed by atoms with Crippen LogP contribution in [-0.4, -0.2) is 32.8 Å². The number of nitrogens with zero attached hydrogens (tertiary/aromatic N) is 1. The van der Waals surface area contributed by atoms with Crippen molar-refractivity contribution >= 4 is 21.6 Å². The number of ether oxygens (including phenoxy) is 1. The summed E-state index contributed by atoms with van der Waals surface area (Å²) in [5.74, 6) is 0. The maximum absolute atomic E-state index is 5.28. The molecule has 0 aliphatic rings. The number of hydrogen-bond donors (Lipinski definition) is 1. The number of methoxy groups -OCH3 is 1. The molecule has 0 bridgehead atoms. The van der Waals surface area contributed by atoms with Crippen LogP contribution in [0.5, 0.6) is 0 Å². The molecule has 0 amide bonds. The highest BCUT2D eigenvalue weighted by Crippen LogP contribution is 2.29. The molecule has 0 fully saturated rings. The van der Waals surface area contributed by atoms with E-state index in [1.54, 1.807) is 7.11 Å². The third-order valence-corrected chi connectivity index (χ3v) is 4.45. The molecule has 1 rings (SSSR count). The monoisotopic (exact) mass is 356 g/mol. The molecule has 0 saturated carbocycles. The lowest BCUT2D eigenvalue weighted by atomic mass is 10.1. The number of hydrogen-bond acceptors (Lipinski definition) is 3. The maximum Gasteiger partial charge on any atom is 0.0663 e. The van der Waals surface area contributed by atoms with Crippen LogP contribution in [0, 0.1) is 0 Å². The van der Waals surface area contributed by atoms with Crippen molar-refractivity contribution in [2.45, 2.75) is 46.2 Å². The summed E-state index contributed by atoms with van der Waals surface area (Å²) in [6.45, 7) is 11.5. The van der Waals surface area contributed by atoms with Crippen molar-refractivity contribution in [3.63, 3.8) is 0 Å². The van der Waals surface area contributed by atoms with Gasteiger partial charge in [0.15, 0.2) is 0 Å². The first-order valence-electron chi connectivity index (χ1n) is 7.83. The molecule has 4 heteroatoms. The Morgan fingerprint density at radius 3 is 2.52 bits per heavy atom. The number of benzene rings is 1. The summed E-state index contributed by atoms with van der Waals surface area (Å²) < 4.78 is 6.45. The molecule has 2 atom stereocenters. The van der Waals surface area contributed by atoms with Crippen LogP contribution < -0.4 is 10.2 Å². The predicted octanol–water partition coefficient (Wildman–Crippen LogP) is 4.37. The molecule has 1 aromatic rings. The summed E-state index contributed by atoms with van der Waals surface area (Å²) >= 11 is 3.73. The van der Waals surface area contributed by atoms with Crippen LogP contribution in [0.25, 0.3) is 0 Å². The Bertz CT molecular complexity index is 425. The molecular weight excluding hydrogens is 328 g/mol. The van der Waals surface area contributed by atoms with Crippen molar-refractivity contribution < 1.29 is 4.74 Å². The zero-order valence-electron chi connectivity index (χ0n) is 13.9. The average Bonchev–Trinajstić information content (AvgIpc) is 2.46. The Morgan fingerprint density at radius 1 is 1.29 bits per heavy atom. The molecule has 0 saturated heterocycles. The molecule has 0 aliphatic heterocycles. The molecule has 0 aromatic heterocycles. The quantitative estimate of drug-likeness (QED) is 0.710. The highest BCUT2D eigenvalue weighted by molar-refractivity contribution is 9.10. The van der Waals surface area contributed by atoms with Crippen LogP contribution in [0.2, 0.25) is 0 Å². The fraction of sp³-hybridized carbons (Fsp3) is 0.647. The minimum absolute atomic E-state index is 0.361. The van der Waals surface area contributed by atoms with Gasteiger partial charge in [-0.1, -0.05) is 28.9 Å². The lowest BCUT2D eigenvalue weighted by Crippen LogP contribution is -2.36. The Kier molecular flexibility index (Phi) is 8.30. The summed E-state index contributed by atoms with van der Waals surface area (Å²) in [5.41, 5.74) is 2.54. The zero-order valence-corrected chi connectivity index (χ0v) is 15.5. The van der Waals surface area contributed by atoms with Gasteiger partial charge in [0.2, 0.25) is 0 Å². The highest BCUT2D eigenvalue weighted by Gasteiger charge is 2.15. The lowest BCUT2D eigenvalue weighted by Gasteiger charge is -2.30. The van der Waals surface area contributed by atoms with E-state index in [0.29, 0.717) is 12.1 Å². The second-order valence-corrected chi connectivity index (χ2v) is 6.33. The van der Waals surface area contributed by atoms with Crippen molar-refractivity contribution in [3.8, 4) is 0 Å². The maximum atomic E-state index is 5.28. The van der Waals surface area contributed by atoms with Gasteiger partial charge in [0.1, 0.15) is 0 Å². The number of anilines is 1. The topological polar surface area (TPSA) is 24.5 Å². The van der Waals surface area contributed by atoms with E-state index < -0.39 is 0 Å². The molecule has 3 nitrogen and oxygen atoms in total. The fourth-order valence-corrected chi connectivity index (χ4v) is 3.31. The first kappa shape index (κ1) is 18.5. The van der Waals surface area contributed by atoms with Gasteiger partial charge in [-0.15, -0.1) is 0 Å². The average molecular weight is 357 g/mol. The molecule has 2 unspecified atom stereocenters. The zero-order chi connectivity index (χ0) is 15.8. The molecule has 21 heavy (non-hydrogen) atoms. The summed E-state index contributed by atoms with van der Waals surface area (Å²) in [6.07, 6.45) is 1.15. The summed E-state index contributed by atoms with van der Waals surface area (Å²) in [7, 11) is 1.75. The van der Waals surface area contributed by atoms with Crippen LogP contribution in [-0.2, 0) is 4.74 Å². The van der Waals surface area contributed by atoms with Crippen LogP contribution in [0.3, 0.4) is 0 Å². The van der Waals surface area contributed by atoms with Gasteiger partial charge in [0.25, 0.3) is 0 Å². The largest absolute Gasteiger partial charge is 0.383 e. The molecule has 0 radical (unpaired) electrons. The van der Waals surface area contributed by atoms with Crippen molar-refractivity contribution in [3.05, 3.63) is 28.2 Å². The van der Waals surface area contributed by atoms with Gasteiger partial charge in [0, 0.05) is 35.9 Å². The molecule has 1 N–H and O–H groups in total. The summed E-state index contributed by atoms with van der Waals surface area (Å²) in [5, 5.41) is 3.53. The molecule has 1 aromatic carbocycles. The molecule has 0 spiro atoms. The number of nitrogens with one attached hydrogen (secondary N) is 1. The SMILES string of the molecule is CCCNC(C)c1ccc(N(CC)C(C)COC)cc1Br. The van der Waals surface area contributed by atoms with Gasteiger partial charge in [-0.05, 0) is 51.4 Å². The second kappa shape index (κ2) is 9.44. The van der Waals surface area contributed by atoms with Crippen LogP contribution in [0.1, 0.15) is 45.7 Å². The van der Waals surface area contributed by atoms with Gasteiger partial charge in [-0.2, -0.15) is 0 Å². The van der Waals surface area contributed by atoms with Gasteiger partial charge < -0.3 is 15.0 Å². The number of rotatable bonds is 9. The van der Waals surface area contributed by atoms with Gasteiger partial charge >= 0.3 is 0 Å². The van der Waals surface area contributed by atoms with Crippen molar-refractivity contribution in [1.29, 1.82) is 0 Å². The Labute approximate surface area is 138 Å². The van der Waals surface area contributed by atoms with Crippen LogP contribution in [0.4, 0.5) is 5.69 Å². The molecular formula is C17H29BrN2O. The smallest absolute Gasteiger partial charge is 0.0663 e. The van der Waals surface area contributed by atoms with E-state index in [-0.39, 0.29) is 0 Å². The van der Waals surface area contributed by atoms with Crippen LogP contribution >= 0.6 is 15.9 Å². The van der Waals surface area contributed by atoms with E-state index in [4.69, 9.17) is 4.74 Å². The Hall–Kier alpha value is -0.580. The molecule has 120 valence electrons. The van der Waals surface area contributed by atoms with E-state index in [0.717, 1.165) is 26.1 Å². The van der Waals surface area contributed by atoms with Gasteiger partial charge in [0.05, 0.1) is 6.61 Å². The van der Waals surface area contributed by atoms with E-state index in [9.17, 15) is 0 Å². The summed E-state index contributed by atoms with van der Waals surface area (Å²) in [6, 6.07) is 7.37. The molecule has 0 aliphatic carbocycles. The second-order valence-electron chi connectivity index (χ2n) is 5.47. The van der Waals surface area contributed by atoms with Crippen molar-refractivity contribution in [2.75, 3.05) is 31.7 Å². The van der Waals surface area contributed by atoms with E-state index in [1.165, 1.54) is 15.7 Å². The van der Waals surface area contributed by atoms with E-state index in [2.05, 4.69) is 72.0 Å². The Morgan fingerprint density at radius 2 is 2.00 bits per heavy atom. The Balaban J connectivity index is 2.89. The predicted molar refractivity (Wildman–Crippen MR) is 95.2 cm³/mol. The van der Waals surface area contributed by atoms with Gasteiger partial charge in [-0.25, -0.2) is 0 Å². The standard InChI is InChI=1S/C17H29BrN2O/c1-6-10-19-14(4)16-9-8-15(11-17(16)18)20(7-2)13(3)12-21-5/h8-9,11,13-14,19H,6-7,10,12H2,1-5H3. The lowest BCUT2D eigenvalue weighted by molar-refractivity contribution is 0.182. The van der Waals surface area contributed by atoms with E-state index in [1.807, 2.05) is 0 Å². The first-order valence-corrected chi connectivity index (χ1v) is 8.62. The van der Waals surface area contributed by atoms with Gasteiger partial charge in [-0.3, -0.25) is 0 Å². The third kappa shape index (κ3) is 5.28. The minimum Gasteiger partial charge on any atom is -0.383 e. The number of halogens is 1. The van der Waals surface area contributed by atoms with Crippen LogP contribution in [0.15, 0.2) is 22.7 Å². The van der Waals surface area contributed by atoms with Crippen molar-refractivity contribution in [1.82, 2.24) is 5.32 Å². The van der Waals surface area contributed by atoms with E-state index >= 15 is 0 Å². The van der Waals surface area contributed by atoms with Crippen molar-refractivity contribution in [2.24, 2.45) is 0 Å².